The van der Waals surface area contributed by atoms with Crippen molar-refractivity contribution < 1.29 is 14.4 Å². The standard InChI is InChI=1S/C9H17N3O3/c1-5(13)6(10)7-11-8(12-15-7)9(2,3)14-4/h5-6,13H,10H2,1-4H3/t5-,6+/m1/s1. The molecule has 0 radical (unpaired) electrons. The number of aromatic nitrogens is 2. The van der Waals surface area contributed by atoms with E-state index in [2.05, 4.69) is 10.1 Å². The first-order valence-corrected chi connectivity index (χ1v) is 4.71. The van der Waals surface area contributed by atoms with Gasteiger partial charge in [0.2, 0.25) is 11.7 Å². The van der Waals surface area contributed by atoms with Gasteiger partial charge in [-0.15, -0.1) is 0 Å². The number of nitrogens with two attached hydrogens (primary N) is 1. The van der Waals surface area contributed by atoms with Gasteiger partial charge >= 0.3 is 0 Å². The molecule has 1 aromatic rings. The van der Waals surface area contributed by atoms with E-state index < -0.39 is 17.7 Å². The summed E-state index contributed by atoms with van der Waals surface area (Å²) in [5.41, 5.74) is 5.02. The molecule has 6 heteroatoms. The van der Waals surface area contributed by atoms with Gasteiger partial charge in [0.25, 0.3) is 0 Å². The zero-order valence-electron chi connectivity index (χ0n) is 9.39. The van der Waals surface area contributed by atoms with Gasteiger partial charge in [-0.25, -0.2) is 0 Å². The Morgan fingerprint density at radius 2 is 2.13 bits per heavy atom. The van der Waals surface area contributed by atoms with Gasteiger partial charge in [-0.3, -0.25) is 0 Å². The Kier molecular flexibility index (Phi) is 3.43. The molecule has 0 spiro atoms. The van der Waals surface area contributed by atoms with Gasteiger partial charge in [0.05, 0.1) is 6.10 Å². The number of rotatable bonds is 4. The molecule has 0 unspecified atom stereocenters. The second-order valence-corrected chi connectivity index (χ2v) is 3.94. The number of ether oxygens (including phenoxy) is 1. The van der Waals surface area contributed by atoms with Crippen molar-refractivity contribution in [2.24, 2.45) is 5.73 Å². The molecule has 86 valence electrons. The van der Waals surface area contributed by atoms with Crippen molar-refractivity contribution >= 4 is 0 Å². The average Bonchev–Trinajstić information content (AvgIpc) is 2.65. The van der Waals surface area contributed by atoms with Crippen LogP contribution in [0, 0.1) is 0 Å². The predicted octanol–water partition coefficient (Wildman–Crippen LogP) is 0.332. The van der Waals surface area contributed by atoms with Gasteiger partial charge < -0.3 is 20.1 Å². The van der Waals surface area contributed by atoms with Gasteiger partial charge in [-0.2, -0.15) is 4.98 Å². The van der Waals surface area contributed by atoms with E-state index in [9.17, 15) is 5.11 Å². The molecule has 0 fully saturated rings. The van der Waals surface area contributed by atoms with Crippen molar-refractivity contribution in [1.29, 1.82) is 0 Å². The van der Waals surface area contributed by atoms with Crippen LogP contribution in [-0.2, 0) is 10.3 Å². The minimum Gasteiger partial charge on any atom is -0.391 e. The SMILES string of the molecule is COC(C)(C)c1noc([C@@H](N)[C@@H](C)O)n1. The topological polar surface area (TPSA) is 94.4 Å². The normalized spacial score (nSPS) is 16.4. The van der Waals surface area contributed by atoms with Gasteiger partial charge in [0, 0.05) is 7.11 Å². The van der Waals surface area contributed by atoms with E-state index in [1.807, 2.05) is 13.8 Å². The van der Waals surface area contributed by atoms with Gasteiger partial charge in [0.1, 0.15) is 11.6 Å². The van der Waals surface area contributed by atoms with Crippen LogP contribution in [0.25, 0.3) is 0 Å². The van der Waals surface area contributed by atoms with E-state index in [0.29, 0.717) is 5.82 Å². The molecule has 0 bridgehead atoms. The van der Waals surface area contributed by atoms with E-state index in [0.717, 1.165) is 0 Å². The first-order chi connectivity index (χ1) is 6.88. The molecule has 3 N–H and O–H groups in total. The van der Waals surface area contributed by atoms with E-state index in [1.54, 1.807) is 14.0 Å². The number of aliphatic hydroxyl groups is 1. The Hall–Kier alpha value is -0.980. The molecule has 0 saturated carbocycles. The summed E-state index contributed by atoms with van der Waals surface area (Å²) in [5.74, 6) is 0.626. The van der Waals surface area contributed by atoms with Crippen molar-refractivity contribution in [3.8, 4) is 0 Å². The molecule has 0 aliphatic rings. The largest absolute Gasteiger partial charge is 0.391 e. The molecule has 0 saturated heterocycles. The van der Waals surface area contributed by atoms with Crippen LogP contribution in [0.5, 0.6) is 0 Å². The van der Waals surface area contributed by atoms with Crippen LogP contribution in [0.4, 0.5) is 0 Å². The number of hydrogen-bond donors (Lipinski definition) is 2. The molecule has 1 heterocycles. The van der Waals surface area contributed by atoms with Crippen LogP contribution >= 0.6 is 0 Å². The highest BCUT2D eigenvalue weighted by Gasteiger charge is 2.28. The van der Waals surface area contributed by atoms with Crippen molar-refractivity contribution in [1.82, 2.24) is 10.1 Å². The monoisotopic (exact) mass is 215 g/mol. The molecule has 6 nitrogen and oxygen atoms in total. The molecular formula is C9H17N3O3. The molecule has 0 aliphatic carbocycles. The summed E-state index contributed by atoms with van der Waals surface area (Å²) >= 11 is 0. The zero-order valence-corrected chi connectivity index (χ0v) is 9.39. The molecule has 0 aliphatic heterocycles. The minimum absolute atomic E-state index is 0.213. The van der Waals surface area contributed by atoms with Gasteiger partial charge in [0.15, 0.2) is 0 Å². The molecule has 15 heavy (non-hydrogen) atoms. The molecular weight excluding hydrogens is 198 g/mol. The highest BCUT2D eigenvalue weighted by atomic mass is 16.5. The first-order valence-electron chi connectivity index (χ1n) is 4.71. The van der Waals surface area contributed by atoms with Crippen molar-refractivity contribution in [2.75, 3.05) is 7.11 Å². The third kappa shape index (κ3) is 2.53. The van der Waals surface area contributed by atoms with Crippen LogP contribution in [0.3, 0.4) is 0 Å². The first kappa shape index (κ1) is 12.1. The summed E-state index contributed by atoms with van der Waals surface area (Å²) in [7, 11) is 1.56. The van der Waals surface area contributed by atoms with Crippen molar-refractivity contribution in [3.05, 3.63) is 11.7 Å². The number of aliphatic hydroxyl groups excluding tert-OH is 1. The third-order valence-corrected chi connectivity index (χ3v) is 2.30. The second-order valence-electron chi connectivity index (χ2n) is 3.94. The van der Waals surface area contributed by atoms with E-state index in [-0.39, 0.29) is 5.89 Å². The Morgan fingerprint density at radius 3 is 2.60 bits per heavy atom. The summed E-state index contributed by atoms with van der Waals surface area (Å²) in [6, 6.07) is -0.668. The van der Waals surface area contributed by atoms with E-state index in [4.69, 9.17) is 15.0 Å². The highest BCUT2D eigenvalue weighted by molar-refractivity contribution is 5.00. The Morgan fingerprint density at radius 1 is 1.53 bits per heavy atom. The molecule has 0 amide bonds. The fraction of sp³-hybridized carbons (Fsp3) is 0.778. The Balaban J connectivity index is 2.90. The summed E-state index contributed by atoms with van der Waals surface area (Å²) in [6.45, 7) is 5.20. The zero-order chi connectivity index (χ0) is 11.6. The average molecular weight is 215 g/mol. The Labute approximate surface area is 88.4 Å². The van der Waals surface area contributed by atoms with E-state index in [1.165, 1.54) is 0 Å². The predicted molar refractivity (Wildman–Crippen MR) is 52.9 cm³/mol. The van der Waals surface area contributed by atoms with E-state index >= 15 is 0 Å². The molecule has 1 aromatic heterocycles. The number of nitrogens with zero attached hydrogens (tertiary/aromatic N) is 2. The minimum atomic E-state index is -0.732. The van der Waals surface area contributed by atoms with Crippen molar-refractivity contribution in [2.45, 2.75) is 38.5 Å². The summed E-state index contributed by atoms with van der Waals surface area (Å²) in [6.07, 6.45) is -0.732. The molecule has 1 rings (SSSR count). The lowest BCUT2D eigenvalue weighted by Gasteiger charge is -2.17. The third-order valence-electron chi connectivity index (χ3n) is 2.30. The lowest BCUT2D eigenvalue weighted by Crippen LogP contribution is -2.25. The maximum Gasteiger partial charge on any atom is 0.246 e. The van der Waals surface area contributed by atoms with Crippen LogP contribution in [0.15, 0.2) is 4.52 Å². The summed E-state index contributed by atoms with van der Waals surface area (Å²) in [4.78, 5) is 4.09. The summed E-state index contributed by atoms with van der Waals surface area (Å²) in [5, 5.41) is 13.0. The van der Waals surface area contributed by atoms with Crippen LogP contribution in [-0.4, -0.2) is 28.5 Å². The van der Waals surface area contributed by atoms with Crippen molar-refractivity contribution in [3.63, 3.8) is 0 Å². The Bertz CT molecular complexity index is 322. The van der Waals surface area contributed by atoms with Crippen LogP contribution in [0.2, 0.25) is 0 Å². The highest BCUT2D eigenvalue weighted by Crippen LogP contribution is 2.22. The van der Waals surface area contributed by atoms with Gasteiger partial charge in [-0.1, -0.05) is 5.16 Å². The second kappa shape index (κ2) is 4.26. The lowest BCUT2D eigenvalue weighted by molar-refractivity contribution is 0.00973. The molecule has 0 aromatic carbocycles. The number of methoxy groups -OCH3 is 1. The maximum atomic E-state index is 9.26. The molecule has 2 atom stereocenters. The van der Waals surface area contributed by atoms with Crippen LogP contribution in [0.1, 0.15) is 38.5 Å². The number of hydrogen-bond acceptors (Lipinski definition) is 6. The lowest BCUT2D eigenvalue weighted by atomic mass is 10.1. The summed E-state index contributed by atoms with van der Waals surface area (Å²) < 4.78 is 10.1. The smallest absolute Gasteiger partial charge is 0.246 e. The quantitative estimate of drug-likeness (QED) is 0.751. The van der Waals surface area contributed by atoms with Crippen LogP contribution < -0.4 is 5.73 Å². The fourth-order valence-electron chi connectivity index (χ4n) is 0.913. The fourth-order valence-corrected chi connectivity index (χ4v) is 0.913. The van der Waals surface area contributed by atoms with Gasteiger partial charge in [-0.05, 0) is 20.8 Å². The maximum absolute atomic E-state index is 9.26.